The number of methoxy groups -OCH3 is 1. The number of hydrogen-bond donors (Lipinski definition) is 0. The van der Waals surface area contributed by atoms with Crippen LogP contribution in [0.2, 0.25) is 0 Å². The number of sulfonamides is 1. The highest BCUT2D eigenvalue weighted by atomic mass is 32.2. The van der Waals surface area contributed by atoms with Gasteiger partial charge in [0.2, 0.25) is 15.9 Å². The Balaban J connectivity index is 1.18. The first kappa shape index (κ1) is 29.3. The highest BCUT2D eigenvalue weighted by Crippen LogP contribution is 2.31. The van der Waals surface area contributed by atoms with E-state index in [2.05, 4.69) is 9.80 Å². The predicted molar refractivity (Wildman–Crippen MR) is 148 cm³/mol. The van der Waals surface area contributed by atoms with Crippen LogP contribution in [0, 0.1) is 19.8 Å². The van der Waals surface area contributed by atoms with Gasteiger partial charge in [0.05, 0.1) is 18.6 Å². The summed E-state index contributed by atoms with van der Waals surface area (Å²) in [6.45, 7) is 9.48. The number of hydrogen-bond acceptors (Lipinski definition) is 7. The van der Waals surface area contributed by atoms with Crippen LogP contribution in [-0.4, -0.2) is 119 Å². The predicted octanol–water partition coefficient (Wildman–Crippen LogP) is 2.36. The molecule has 1 saturated carbocycles. The number of nitrogens with zero attached hydrogens (tertiary/aromatic N) is 4. The van der Waals surface area contributed by atoms with Crippen molar-refractivity contribution in [3.8, 4) is 5.75 Å². The molecule has 10 heteroatoms. The minimum Gasteiger partial charge on any atom is -0.497 e. The minimum absolute atomic E-state index is 0.0406. The van der Waals surface area contributed by atoms with Crippen LogP contribution in [0.5, 0.6) is 5.75 Å². The van der Waals surface area contributed by atoms with Crippen LogP contribution < -0.4 is 4.74 Å². The normalized spacial score (nSPS) is 21.8. The molecule has 0 aromatic heterocycles. The van der Waals surface area contributed by atoms with Crippen molar-refractivity contribution in [2.45, 2.75) is 62.9 Å². The highest BCUT2D eigenvalue weighted by Gasteiger charge is 2.34. The topological polar surface area (TPSA) is 82.6 Å². The molecule has 2 saturated heterocycles. The van der Waals surface area contributed by atoms with Gasteiger partial charge in [-0.15, -0.1) is 0 Å². The third-order valence-corrected chi connectivity index (χ3v) is 10.7. The summed E-state index contributed by atoms with van der Waals surface area (Å²) in [5, 5.41) is 0. The van der Waals surface area contributed by atoms with Crippen molar-refractivity contribution < 1.29 is 22.7 Å². The monoisotopic (exact) mass is 550 g/mol. The van der Waals surface area contributed by atoms with Gasteiger partial charge in [0.15, 0.2) is 0 Å². The Kier molecular flexibility index (Phi) is 9.73. The van der Waals surface area contributed by atoms with E-state index in [0.29, 0.717) is 22.9 Å². The Labute approximate surface area is 229 Å². The Bertz CT molecular complexity index is 1050. The molecular formula is C28H46N4O5S. The summed E-state index contributed by atoms with van der Waals surface area (Å²) in [5.74, 6) is 1.53. The summed E-state index contributed by atoms with van der Waals surface area (Å²) in [7, 11) is 1.28. The van der Waals surface area contributed by atoms with Crippen LogP contribution in [0.1, 0.15) is 43.2 Å². The third kappa shape index (κ3) is 7.07. The number of benzene rings is 1. The maximum Gasteiger partial charge on any atom is 0.248 e. The Morgan fingerprint density at radius 3 is 2.29 bits per heavy atom. The maximum absolute atomic E-state index is 13.2. The van der Waals surface area contributed by atoms with Gasteiger partial charge < -0.3 is 19.3 Å². The Morgan fingerprint density at radius 1 is 1.03 bits per heavy atom. The highest BCUT2D eigenvalue weighted by molar-refractivity contribution is 7.89. The lowest BCUT2D eigenvalue weighted by molar-refractivity contribution is -0.136. The molecule has 1 unspecified atom stereocenters. The fraction of sp³-hybridized carbons (Fsp3) is 0.750. The molecule has 9 nitrogen and oxygen atoms in total. The number of likely N-dealkylation sites (tertiary alicyclic amines) is 2. The second kappa shape index (κ2) is 12.6. The quantitative estimate of drug-likeness (QED) is 0.370. The van der Waals surface area contributed by atoms with Crippen LogP contribution in [0.4, 0.5) is 0 Å². The van der Waals surface area contributed by atoms with Gasteiger partial charge in [-0.25, -0.2) is 8.42 Å². The van der Waals surface area contributed by atoms with Crippen LogP contribution >= 0.6 is 0 Å². The molecule has 2 aliphatic heterocycles. The second-order valence-corrected chi connectivity index (χ2v) is 13.4. The zero-order valence-electron chi connectivity index (χ0n) is 23.8. The van der Waals surface area contributed by atoms with Crippen LogP contribution in [0.3, 0.4) is 0 Å². The van der Waals surface area contributed by atoms with E-state index in [0.717, 1.165) is 25.4 Å². The average Bonchev–Trinajstić information content (AvgIpc) is 3.56. The summed E-state index contributed by atoms with van der Waals surface area (Å²) >= 11 is 0. The lowest BCUT2D eigenvalue weighted by atomic mass is 10.0. The molecule has 1 amide bonds. The molecule has 38 heavy (non-hydrogen) atoms. The van der Waals surface area contributed by atoms with Gasteiger partial charge in [0.1, 0.15) is 12.4 Å². The summed E-state index contributed by atoms with van der Waals surface area (Å²) in [5.41, 5.74) is 1.28. The SMILES string of the molecule is COc1cc(C)c(S(=O)(=O)N(C)CCOCC(=O)N(C)C2CCN(C3CCN(CC4CC4)CC3)C2)c(C)c1. The van der Waals surface area contributed by atoms with E-state index < -0.39 is 10.0 Å². The number of ether oxygens (including phenoxy) is 2. The first-order valence-corrected chi connectivity index (χ1v) is 15.5. The molecule has 1 aromatic rings. The zero-order chi connectivity index (χ0) is 27.4. The number of aryl methyl sites for hydroxylation is 2. The largest absolute Gasteiger partial charge is 0.497 e. The van der Waals surface area contributed by atoms with Crippen LogP contribution in [0.25, 0.3) is 0 Å². The zero-order valence-corrected chi connectivity index (χ0v) is 24.6. The molecule has 0 bridgehead atoms. The van der Waals surface area contributed by atoms with Gasteiger partial charge in [0.25, 0.3) is 0 Å². The fourth-order valence-corrected chi connectivity index (χ4v) is 7.48. The number of rotatable bonds is 12. The number of carbonyl (C=O) groups excluding carboxylic acids is 1. The van der Waals surface area contributed by atoms with E-state index in [1.54, 1.807) is 40.1 Å². The molecule has 0 radical (unpaired) electrons. The number of carbonyl (C=O) groups is 1. The van der Waals surface area contributed by atoms with E-state index in [1.807, 2.05) is 11.9 Å². The van der Waals surface area contributed by atoms with Crippen molar-refractivity contribution >= 4 is 15.9 Å². The average molecular weight is 551 g/mol. The number of likely N-dealkylation sites (N-methyl/N-ethyl adjacent to an activating group) is 2. The van der Waals surface area contributed by atoms with Crippen molar-refractivity contribution in [1.82, 2.24) is 19.0 Å². The summed E-state index contributed by atoms with van der Waals surface area (Å²) in [6.07, 6.45) is 6.28. The van der Waals surface area contributed by atoms with Crippen molar-refractivity contribution in [1.29, 1.82) is 0 Å². The lowest BCUT2D eigenvalue weighted by Gasteiger charge is -2.37. The summed E-state index contributed by atoms with van der Waals surface area (Å²) in [4.78, 5) is 20.1. The molecule has 4 rings (SSSR count). The first-order chi connectivity index (χ1) is 18.1. The van der Waals surface area contributed by atoms with Gasteiger partial charge in [-0.2, -0.15) is 4.31 Å². The molecule has 3 fully saturated rings. The van der Waals surface area contributed by atoms with Crippen molar-refractivity contribution in [2.24, 2.45) is 5.92 Å². The van der Waals surface area contributed by atoms with E-state index in [1.165, 1.54) is 49.6 Å². The molecule has 0 N–H and O–H groups in total. The number of piperidine rings is 1. The van der Waals surface area contributed by atoms with Crippen LogP contribution in [0.15, 0.2) is 17.0 Å². The Hall–Kier alpha value is -1.72. The maximum atomic E-state index is 13.2. The van der Waals surface area contributed by atoms with E-state index in [4.69, 9.17) is 9.47 Å². The van der Waals surface area contributed by atoms with Crippen molar-refractivity contribution in [3.05, 3.63) is 23.3 Å². The molecule has 1 atom stereocenters. The standard InChI is InChI=1S/C28H46N4O5S/c1-21-16-26(36-5)17-22(2)28(21)38(34,35)29(3)14-15-37-20-27(33)30(4)25-10-13-32(19-25)24-8-11-31(12-9-24)18-23-6-7-23/h16-17,23-25H,6-15,18-20H2,1-5H3. The molecule has 214 valence electrons. The van der Waals surface area contributed by atoms with Gasteiger partial charge in [-0.1, -0.05) is 0 Å². The van der Waals surface area contributed by atoms with E-state index >= 15 is 0 Å². The van der Waals surface area contributed by atoms with Gasteiger partial charge >= 0.3 is 0 Å². The van der Waals surface area contributed by atoms with Crippen molar-refractivity contribution in [2.75, 3.05) is 73.7 Å². The third-order valence-electron chi connectivity index (χ3n) is 8.54. The smallest absolute Gasteiger partial charge is 0.248 e. The second-order valence-electron chi connectivity index (χ2n) is 11.4. The van der Waals surface area contributed by atoms with Crippen molar-refractivity contribution in [3.63, 3.8) is 0 Å². The van der Waals surface area contributed by atoms with Gasteiger partial charge in [-0.05, 0) is 88.2 Å². The molecule has 1 aromatic carbocycles. The molecular weight excluding hydrogens is 504 g/mol. The lowest BCUT2D eigenvalue weighted by Crippen LogP contribution is -2.46. The Morgan fingerprint density at radius 2 is 1.68 bits per heavy atom. The summed E-state index contributed by atoms with van der Waals surface area (Å²) < 4.78 is 38.5. The molecule has 2 heterocycles. The van der Waals surface area contributed by atoms with Gasteiger partial charge in [-0.3, -0.25) is 9.69 Å². The molecule has 3 aliphatic rings. The number of amides is 1. The molecule has 0 spiro atoms. The van der Waals surface area contributed by atoms with Crippen LogP contribution in [-0.2, 0) is 19.6 Å². The van der Waals surface area contributed by atoms with E-state index in [9.17, 15) is 13.2 Å². The minimum atomic E-state index is -3.69. The van der Waals surface area contributed by atoms with E-state index in [-0.39, 0.29) is 36.6 Å². The first-order valence-electron chi connectivity index (χ1n) is 14.0. The fourth-order valence-electron chi connectivity index (χ4n) is 5.92. The summed E-state index contributed by atoms with van der Waals surface area (Å²) in [6, 6.07) is 4.28. The van der Waals surface area contributed by atoms with Gasteiger partial charge in [0, 0.05) is 52.4 Å². The molecule has 1 aliphatic carbocycles.